The Morgan fingerprint density at radius 3 is 2.62 bits per heavy atom. The van der Waals surface area contributed by atoms with Gasteiger partial charge in [0.1, 0.15) is 5.82 Å². The van der Waals surface area contributed by atoms with Crippen molar-refractivity contribution in [3.05, 3.63) is 95.1 Å². The zero-order chi connectivity index (χ0) is 20.4. The number of aromatic nitrogens is 1. The number of rotatable bonds is 5. The molecule has 0 fully saturated rings. The molecule has 0 radical (unpaired) electrons. The number of hydrogen-bond donors (Lipinski definition) is 1. The molecule has 1 atom stereocenters. The van der Waals surface area contributed by atoms with E-state index in [1.54, 1.807) is 18.3 Å². The normalized spacial score (nSPS) is 15.3. The lowest BCUT2D eigenvalue weighted by Crippen LogP contribution is -2.33. The van der Waals surface area contributed by atoms with E-state index in [-0.39, 0.29) is 24.1 Å². The molecule has 2 amide bonds. The van der Waals surface area contributed by atoms with E-state index < -0.39 is 6.04 Å². The SMILES string of the molecule is Cc1ccccc1CNC(=O)C[C@@H]1c2ncccc2C(=O)N1c1ccc(F)cc1. The van der Waals surface area contributed by atoms with Gasteiger partial charge in [-0.05, 0) is 54.4 Å². The molecule has 1 aliphatic rings. The first-order chi connectivity index (χ1) is 14.0. The molecule has 5 nitrogen and oxygen atoms in total. The van der Waals surface area contributed by atoms with Gasteiger partial charge in [-0.3, -0.25) is 19.5 Å². The fourth-order valence-corrected chi connectivity index (χ4v) is 3.59. The number of benzene rings is 2. The molecule has 6 heteroatoms. The molecule has 0 unspecified atom stereocenters. The van der Waals surface area contributed by atoms with Crippen molar-refractivity contribution in [3.8, 4) is 0 Å². The van der Waals surface area contributed by atoms with Crippen LogP contribution in [0, 0.1) is 12.7 Å². The third-order valence-electron chi connectivity index (χ3n) is 5.14. The molecule has 0 saturated heterocycles. The van der Waals surface area contributed by atoms with Crippen molar-refractivity contribution in [2.75, 3.05) is 4.90 Å². The third kappa shape index (κ3) is 3.74. The van der Waals surface area contributed by atoms with E-state index in [1.165, 1.54) is 29.2 Å². The molecule has 1 aromatic heterocycles. The third-order valence-corrected chi connectivity index (χ3v) is 5.14. The van der Waals surface area contributed by atoms with E-state index in [4.69, 9.17) is 0 Å². The maximum absolute atomic E-state index is 13.4. The second-order valence-electron chi connectivity index (χ2n) is 7.01. The minimum absolute atomic E-state index is 0.0685. The van der Waals surface area contributed by atoms with Crippen molar-refractivity contribution < 1.29 is 14.0 Å². The highest BCUT2D eigenvalue weighted by Gasteiger charge is 2.39. The number of hydrogen-bond acceptors (Lipinski definition) is 3. The fraction of sp³-hybridized carbons (Fsp3) is 0.174. The number of nitrogens with zero attached hydrogens (tertiary/aromatic N) is 2. The summed E-state index contributed by atoms with van der Waals surface area (Å²) in [7, 11) is 0. The summed E-state index contributed by atoms with van der Waals surface area (Å²) < 4.78 is 13.4. The molecule has 0 bridgehead atoms. The van der Waals surface area contributed by atoms with Gasteiger partial charge in [-0.15, -0.1) is 0 Å². The highest BCUT2D eigenvalue weighted by atomic mass is 19.1. The molecule has 0 aliphatic carbocycles. The molecule has 146 valence electrons. The number of carbonyl (C=O) groups excluding carboxylic acids is 2. The van der Waals surface area contributed by atoms with Crippen molar-refractivity contribution in [2.45, 2.75) is 25.9 Å². The molecule has 0 saturated carbocycles. The van der Waals surface area contributed by atoms with Crippen LogP contribution in [0.15, 0.2) is 66.9 Å². The van der Waals surface area contributed by atoms with Gasteiger partial charge in [-0.25, -0.2) is 4.39 Å². The smallest absolute Gasteiger partial charge is 0.260 e. The number of amides is 2. The molecule has 1 N–H and O–H groups in total. The zero-order valence-corrected chi connectivity index (χ0v) is 15.9. The molecule has 29 heavy (non-hydrogen) atoms. The van der Waals surface area contributed by atoms with E-state index >= 15 is 0 Å². The molecular weight excluding hydrogens is 369 g/mol. The average Bonchev–Trinajstić information content (AvgIpc) is 3.00. The molecule has 3 aromatic rings. The van der Waals surface area contributed by atoms with E-state index in [0.717, 1.165) is 11.1 Å². The van der Waals surface area contributed by atoms with Gasteiger partial charge in [0, 0.05) is 18.4 Å². The topological polar surface area (TPSA) is 62.3 Å². The predicted molar refractivity (Wildman–Crippen MR) is 108 cm³/mol. The van der Waals surface area contributed by atoms with Crippen LogP contribution < -0.4 is 10.2 Å². The first-order valence-corrected chi connectivity index (χ1v) is 9.40. The van der Waals surface area contributed by atoms with Crippen LogP contribution in [0.4, 0.5) is 10.1 Å². The molecular formula is C23H20FN3O2. The monoisotopic (exact) mass is 389 g/mol. The lowest BCUT2D eigenvalue weighted by molar-refractivity contribution is -0.121. The van der Waals surface area contributed by atoms with Gasteiger partial charge in [0.25, 0.3) is 5.91 Å². The van der Waals surface area contributed by atoms with Crippen LogP contribution >= 0.6 is 0 Å². The summed E-state index contributed by atoms with van der Waals surface area (Å²) in [5.74, 6) is -0.809. The van der Waals surface area contributed by atoms with Crippen LogP contribution in [0.1, 0.15) is 39.6 Å². The van der Waals surface area contributed by atoms with Crippen molar-refractivity contribution in [2.24, 2.45) is 0 Å². The van der Waals surface area contributed by atoms with E-state index in [2.05, 4.69) is 10.3 Å². The van der Waals surface area contributed by atoms with Crippen molar-refractivity contribution in [3.63, 3.8) is 0 Å². The zero-order valence-electron chi connectivity index (χ0n) is 15.9. The number of fused-ring (bicyclic) bond motifs is 1. The Balaban J connectivity index is 1.57. The van der Waals surface area contributed by atoms with Crippen molar-refractivity contribution >= 4 is 17.5 Å². The Morgan fingerprint density at radius 2 is 1.86 bits per heavy atom. The summed E-state index contributed by atoms with van der Waals surface area (Å²) in [4.78, 5) is 31.5. The Kier molecular flexibility index (Phi) is 5.08. The minimum atomic E-state index is -0.541. The summed E-state index contributed by atoms with van der Waals surface area (Å²) in [5.41, 5.74) is 3.70. The Morgan fingerprint density at radius 1 is 1.10 bits per heavy atom. The standard InChI is InChI=1S/C23H20FN3O2/c1-15-5-2-3-6-16(15)14-26-21(28)13-20-22-19(7-4-12-25-22)23(29)27(20)18-10-8-17(24)9-11-18/h2-12,20H,13-14H2,1H3,(H,26,28)/t20-/m1/s1. The van der Waals surface area contributed by atoms with Gasteiger partial charge in [0.15, 0.2) is 0 Å². The van der Waals surface area contributed by atoms with E-state index in [0.29, 0.717) is 23.5 Å². The average molecular weight is 389 g/mol. The number of pyridine rings is 1. The second kappa shape index (κ2) is 7.83. The Hall–Kier alpha value is -3.54. The van der Waals surface area contributed by atoms with Crippen molar-refractivity contribution in [1.29, 1.82) is 0 Å². The largest absolute Gasteiger partial charge is 0.352 e. The molecule has 2 aromatic carbocycles. The first-order valence-electron chi connectivity index (χ1n) is 9.40. The minimum Gasteiger partial charge on any atom is -0.352 e. The van der Waals surface area contributed by atoms with Crippen LogP contribution in [0.25, 0.3) is 0 Å². The van der Waals surface area contributed by atoms with Gasteiger partial charge >= 0.3 is 0 Å². The first kappa shape index (κ1) is 18.8. The highest BCUT2D eigenvalue weighted by Crippen LogP contribution is 2.38. The van der Waals surface area contributed by atoms with Crippen LogP contribution in [-0.2, 0) is 11.3 Å². The maximum atomic E-state index is 13.4. The second-order valence-corrected chi connectivity index (χ2v) is 7.01. The predicted octanol–water partition coefficient (Wildman–Crippen LogP) is 3.94. The van der Waals surface area contributed by atoms with Crippen molar-refractivity contribution in [1.82, 2.24) is 10.3 Å². The van der Waals surface area contributed by atoms with Crippen LogP contribution in [0.5, 0.6) is 0 Å². The summed E-state index contributed by atoms with van der Waals surface area (Å²) in [6, 6.07) is 16.4. The number of carbonyl (C=O) groups is 2. The number of halogens is 1. The highest BCUT2D eigenvalue weighted by molar-refractivity contribution is 6.11. The van der Waals surface area contributed by atoms with Gasteiger partial charge in [0.2, 0.25) is 5.91 Å². The fourth-order valence-electron chi connectivity index (χ4n) is 3.59. The van der Waals surface area contributed by atoms with Gasteiger partial charge < -0.3 is 5.32 Å². The molecule has 2 heterocycles. The summed E-state index contributed by atoms with van der Waals surface area (Å²) in [6.07, 6.45) is 1.68. The lowest BCUT2D eigenvalue weighted by atomic mass is 10.1. The lowest BCUT2D eigenvalue weighted by Gasteiger charge is -2.24. The number of aryl methyl sites for hydroxylation is 1. The summed E-state index contributed by atoms with van der Waals surface area (Å²) in [5, 5.41) is 2.93. The molecule has 0 spiro atoms. The quantitative estimate of drug-likeness (QED) is 0.719. The Labute approximate surface area is 168 Å². The maximum Gasteiger partial charge on any atom is 0.260 e. The van der Waals surface area contributed by atoms with Crippen LogP contribution in [-0.4, -0.2) is 16.8 Å². The number of anilines is 1. The van der Waals surface area contributed by atoms with E-state index in [9.17, 15) is 14.0 Å². The van der Waals surface area contributed by atoms with Gasteiger partial charge in [-0.1, -0.05) is 24.3 Å². The van der Waals surface area contributed by atoms with Crippen LogP contribution in [0.3, 0.4) is 0 Å². The Bertz CT molecular complexity index is 1070. The van der Waals surface area contributed by atoms with E-state index in [1.807, 2.05) is 31.2 Å². The van der Waals surface area contributed by atoms with Gasteiger partial charge in [-0.2, -0.15) is 0 Å². The summed E-state index contributed by atoms with van der Waals surface area (Å²) >= 11 is 0. The van der Waals surface area contributed by atoms with Gasteiger partial charge in [0.05, 0.1) is 23.7 Å². The number of nitrogens with one attached hydrogen (secondary N) is 1. The summed E-state index contributed by atoms with van der Waals surface area (Å²) in [6.45, 7) is 2.41. The van der Waals surface area contributed by atoms with Crippen LogP contribution in [0.2, 0.25) is 0 Å². The molecule has 4 rings (SSSR count). The molecule has 1 aliphatic heterocycles.